The number of anilines is 1. The van der Waals surface area contributed by atoms with E-state index < -0.39 is 0 Å². The zero-order valence-corrected chi connectivity index (χ0v) is 16.9. The van der Waals surface area contributed by atoms with Crippen LogP contribution < -0.4 is 4.90 Å². The molecule has 0 bridgehead atoms. The number of carbonyl (C=O) groups is 1. The summed E-state index contributed by atoms with van der Waals surface area (Å²) in [5.74, 6) is 1.67. The normalized spacial score (nSPS) is 14.9. The van der Waals surface area contributed by atoms with Gasteiger partial charge in [-0.05, 0) is 31.7 Å². The minimum Gasteiger partial charge on any atom is -0.352 e. The summed E-state index contributed by atoms with van der Waals surface area (Å²) in [7, 11) is 0. The van der Waals surface area contributed by atoms with Gasteiger partial charge >= 0.3 is 0 Å². The molecule has 0 atom stereocenters. The van der Waals surface area contributed by atoms with E-state index in [0.29, 0.717) is 12.3 Å². The van der Waals surface area contributed by atoms with Gasteiger partial charge in [0.05, 0.1) is 11.9 Å². The lowest BCUT2D eigenvalue weighted by atomic mass is 10.1. The molecule has 27 heavy (non-hydrogen) atoms. The smallest absolute Gasteiger partial charge is 0.223 e. The molecule has 0 aliphatic carbocycles. The molecule has 2 aromatic heterocycles. The van der Waals surface area contributed by atoms with E-state index in [1.54, 1.807) is 18.6 Å². The van der Waals surface area contributed by atoms with Crippen molar-refractivity contribution >= 4 is 11.7 Å². The highest BCUT2D eigenvalue weighted by atomic mass is 16.2. The molecule has 1 fully saturated rings. The summed E-state index contributed by atoms with van der Waals surface area (Å²) in [5, 5.41) is 4.66. The molecular weight excluding hydrogens is 340 g/mol. The number of rotatable bonds is 6. The Morgan fingerprint density at radius 1 is 1.15 bits per heavy atom. The molecule has 2 aromatic rings. The van der Waals surface area contributed by atoms with Crippen molar-refractivity contribution in [2.75, 3.05) is 31.1 Å². The second kappa shape index (κ2) is 8.50. The van der Waals surface area contributed by atoms with Gasteiger partial charge in [-0.2, -0.15) is 5.10 Å². The number of piperazine rings is 1. The standard InChI is InChI=1S/C20H30N6O/c1-15(2)14-26-17(4)18(16(3)23-26)5-6-20(27)25-11-9-24(10-12-25)19-13-21-7-8-22-19/h7-8,13,15H,5-6,9-12,14H2,1-4H3. The number of aryl methyl sites for hydroxylation is 1. The fourth-order valence-corrected chi connectivity index (χ4v) is 3.65. The third-order valence-corrected chi connectivity index (χ3v) is 5.16. The predicted octanol–water partition coefficient (Wildman–Crippen LogP) is 2.23. The molecule has 0 aromatic carbocycles. The van der Waals surface area contributed by atoms with E-state index in [-0.39, 0.29) is 5.91 Å². The summed E-state index contributed by atoms with van der Waals surface area (Å²) in [5.41, 5.74) is 3.47. The van der Waals surface area contributed by atoms with Crippen LogP contribution in [0.25, 0.3) is 0 Å². The highest BCUT2D eigenvalue weighted by Gasteiger charge is 2.22. The Kier molecular flexibility index (Phi) is 6.08. The van der Waals surface area contributed by atoms with Crippen molar-refractivity contribution in [2.45, 2.75) is 47.1 Å². The second-order valence-corrected chi connectivity index (χ2v) is 7.66. The zero-order chi connectivity index (χ0) is 19.4. The van der Waals surface area contributed by atoms with Crippen LogP contribution in [0.15, 0.2) is 18.6 Å². The van der Waals surface area contributed by atoms with Gasteiger partial charge in [-0.15, -0.1) is 0 Å². The van der Waals surface area contributed by atoms with Crippen LogP contribution in [0.1, 0.15) is 37.2 Å². The van der Waals surface area contributed by atoms with Crippen molar-refractivity contribution in [1.29, 1.82) is 0 Å². The van der Waals surface area contributed by atoms with E-state index in [2.05, 4.69) is 45.4 Å². The largest absolute Gasteiger partial charge is 0.352 e. The average Bonchev–Trinajstić information content (AvgIpc) is 2.93. The van der Waals surface area contributed by atoms with Gasteiger partial charge in [0.25, 0.3) is 0 Å². The molecule has 0 saturated carbocycles. The Labute approximate surface area is 161 Å². The maximum Gasteiger partial charge on any atom is 0.223 e. The molecule has 0 unspecified atom stereocenters. The third-order valence-electron chi connectivity index (χ3n) is 5.16. The first-order valence-corrected chi connectivity index (χ1v) is 9.77. The number of amides is 1. The number of nitrogens with zero attached hydrogens (tertiary/aromatic N) is 6. The Morgan fingerprint density at radius 3 is 2.52 bits per heavy atom. The molecule has 0 spiro atoms. The van der Waals surface area contributed by atoms with Gasteiger partial charge in [0.1, 0.15) is 5.82 Å². The lowest BCUT2D eigenvalue weighted by molar-refractivity contribution is -0.131. The van der Waals surface area contributed by atoms with Gasteiger partial charge in [0.15, 0.2) is 0 Å². The Balaban J connectivity index is 1.53. The fourth-order valence-electron chi connectivity index (χ4n) is 3.65. The summed E-state index contributed by atoms with van der Waals surface area (Å²) < 4.78 is 2.08. The van der Waals surface area contributed by atoms with E-state index in [4.69, 9.17) is 0 Å². The van der Waals surface area contributed by atoms with E-state index >= 15 is 0 Å². The molecule has 1 aliphatic rings. The van der Waals surface area contributed by atoms with Crippen molar-refractivity contribution in [3.63, 3.8) is 0 Å². The Hall–Kier alpha value is -2.44. The number of aromatic nitrogens is 4. The van der Waals surface area contributed by atoms with E-state index in [1.807, 2.05) is 11.8 Å². The van der Waals surface area contributed by atoms with Gasteiger partial charge in [0.2, 0.25) is 5.91 Å². The highest BCUT2D eigenvalue weighted by Crippen LogP contribution is 2.18. The first-order valence-electron chi connectivity index (χ1n) is 9.77. The molecule has 1 saturated heterocycles. The number of hydrogen-bond donors (Lipinski definition) is 0. The summed E-state index contributed by atoms with van der Waals surface area (Å²) >= 11 is 0. The van der Waals surface area contributed by atoms with Crippen LogP contribution in [0.5, 0.6) is 0 Å². The van der Waals surface area contributed by atoms with Crippen LogP contribution >= 0.6 is 0 Å². The quantitative estimate of drug-likeness (QED) is 0.780. The summed E-state index contributed by atoms with van der Waals surface area (Å²) in [6.07, 6.45) is 6.46. The molecule has 146 valence electrons. The summed E-state index contributed by atoms with van der Waals surface area (Å²) in [4.78, 5) is 25.3. The lowest BCUT2D eigenvalue weighted by Crippen LogP contribution is -2.49. The average molecular weight is 371 g/mol. The van der Waals surface area contributed by atoms with Crippen molar-refractivity contribution in [3.8, 4) is 0 Å². The van der Waals surface area contributed by atoms with Gasteiger partial charge in [-0.1, -0.05) is 13.8 Å². The van der Waals surface area contributed by atoms with E-state index in [0.717, 1.165) is 50.7 Å². The second-order valence-electron chi connectivity index (χ2n) is 7.66. The maximum absolute atomic E-state index is 12.7. The molecule has 7 heteroatoms. The maximum atomic E-state index is 12.7. The van der Waals surface area contributed by atoms with Gasteiger partial charge < -0.3 is 9.80 Å². The molecular formula is C20H30N6O. The fraction of sp³-hybridized carbons (Fsp3) is 0.600. The molecule has 0 N–H and O–H groups in total. The monoisotopic (exact) mass is 370 g/mol. The third kappa shape index (κ3) is 4.64. The summed E-state index contributed by atoms with van der Waals surface area (Å²) in [6, 6.07) is 0. The van der Waals surface area contributed by atoms with E-state index in [9.17, 15) is 4.79 Å². The molecule has 1 amide bonds. The number of carbonyl (C=O) groups excluding carboxylic acids is 1. The lowest BCUT2D eigenvalue weighted by Gasteiger charge is -2.35. The predicted molar refractivity (Wildman–Crippen MR) is 106 cm³/mol. The topological polar surface area (TPSA) is 67.2 Å². The Morgan fingerprint density at radius 2 is 1.89 bits per heavy atom. The van der Waals surface area contributed by atoms with Gasteiger partial charge in [0, 0.05) is 57.2 Å². The van der Waals surface area contributed by atoms with Crippen molar-refractivity contribution in [3.05, 3.63) is 35.5 Å². The molecule has 3 heterocycles. The number of hydrogen-bond acceptors (Lipinski definition) is 5. The van der Waals surface area contributed by atoms with Crippen LogP contribution in [0.3, 0.4) is 0 Å². The van der Waals surface area contributed by atoms with Crippen molar-refractivity contribution in [1.82, 2.24) is 24.6 Å². The molecule has 3 rings (SSSR count). The van der Waals surface area contributed by atoms with E-state index in [1.165, 1.54) is 11.3 Å². The molecule has 7 nitrogen and oxygen atoms in total. The minimum atomic E-state index is 0.226. The van der Waals surface area contributed by atoms with Gasteiger partial charge in [-0.3, -0.25) is 14.5 Å². The first-order chi connectivity index (χ1) is 13.0. The SMILES string of the molecule is Cc1nn(CC(C)C)c(C)c1CCC(=O)N1CCN(c2cnccn2)CC1. The summed E-state index contributed by atoms with van der Waals surface area (Å²) in [6.45, 7) is 12.5. The molecule has 0 radical (unpaired) electrons. The first kappa shape index (κ1) is 19.3. The van der Waals surface area contributed by atoms with Crippen LogP contribution in [0.2, 0.25) is 0 Å². The Bertz CT molecular complexity index is 762. The zero-order valence-electron chi connectivity index (χ0n) is 16.9. The highest BCUT2D eigenvalue weighted by molar-refractivity contribution is 5.76. The van der Waals surface area contributed by atoms with Gasteiger partial charge in [-0.25, -0.2) is 4.98 Å². The van der Waals surface area contributed by atoms with Crippen LogP contribution in [0.4, 0.5) is 5.82 Å². The van der Waals surface area contributed by atoms with Crippen molar-refractivity contribution in [2.24, 2.45) is 5.92 Å². The molecule has 1 aliphatic heterocycles. The van der Waals surface area contributed by atoms with Crippen LogP contribution in [-0.4, -0.2) is 56.7 Å². The minimum absolute atomic E-state index is 0.226. The van der Waals surface area contributed by atoms with Crippen molar-refractivity contribution < 1.29 is 4.79 Å². The van der Waals surface area contributed by atoms with Crippen LogP contribution in [0, 0.1) is 19.8 Å². The van der Waals surface area contributed by atoms with Crippen LogP contribution in [-0.2, 0) is 17.8 Å².